The van der Waals surface area contributed by atoms with Gasteiger partial charge in [-0.15, -0.1) is 11.3 Å². The van der Waals surface area contributed by atoms with Crippen LogP contribution in [0.15, 0.2) is 36.7 Å². The monoisotopic (exact) mass is 549 g/mol. The minimum absolute atomic E-state index is 0.173. The van der Waals surface area contributed by atoms with Gasteiger partial charge in [0, 0.05) is 29.7 Å². The number of carbonyl (C=O) groups excluding carboxylic acids is 2. The quantitative estimate of drug-likeness (QED) is 0.336. The molecular formula is C24H25Cl2N5O4S. The predicted octanol–water partition coefficient (Wildman–Crippen LogP) is 5.96. The van der Waals surface area contributed by atoms with Crippen molar-refractivity contribution >= 4 is 63.1 Å². The summed E-state index contributed by atoms with van der Waals surface area (Å²) in [4.78, 5) is 40.4. The standard InChI is InChI=1S/C24H25Cl2N5O4S/c1-30-12-14(11-27-30)19-10-16(23(34)31(13-20(32)33)15-6-3-2-4-7-15)22(36-19)29-24(35)28-21-17(25)8-5-9-18(21)26/h5,8-12,15H,2-4,6-7,13H2,1H3,(H,32,33)(H2,28,29,35). The molecule has 0 aliphatic heterocycles. The number of rotatable bonds is 7. The topological polar surface area (TPSA) is 117 Å². The van der Waals surface area contributed by atoms with Crippen LogP contribution in [0.2, 0.25) is 10.0 Å². The van der Waals surface area contributed by atoms with Crippen LogP contribution >= 0.6 is 34.5 Å². The zero-order chi connectivity index (χ0) is 25.8. The van der Waals surface area contributed by atoms with Gasteiger partial charge in [-0.3, -0.25) is 19.6 Å². The lowest BCUT2D eigenvalue weighted by Gasteiger charge is -2.33. The third-order valence-corrected chi connectivity index (χ3v) is 7.69. The molecule has 0 saturated heterocycles. The van der Waals surface area contributed by atoms with E-state index < -0.39 is 24.5 Å². The van der Waals surface area contributed by atoms with Gasteiger partial charge in [0.2, 0.25) is 0 Å². The van der Waals surface area contributed by atoms with Crippen LogP contribution < -0.4 is 10.6 Å². The molecular weight excluding hydrogens is 525 g/mol. The van der Waals surface area contributed by atoms with Crippen LogP contribution in [0.5, 0.6) is 0 Å². The van der Waals surface area contributed by atoms with Gasteiger partial charge in [-0.05, 0) is 31.0 Å². The van der Waals surface area contributed by atoms with Gasteiger partial charge in [-0.2, -0.15) is 5.10 Å². The Hall–Kier alpha value is -3.08. The summed E-state index contributed by atoms with van der Waals surface area (Å²) in [6.45, 7) is -0.414. The Morgan fingerprint density at radius 1 is 1.17 bits per heavy atom. The number of benzene rings is 1. The average Bonchev–Trinajstić information content (AvgIpc) is 3.46. The second-order valence-corrected chi connectivity index (χ2v) is 10.4. The summed E-state index contributed by atoms with van der Waals surface area (Å²) in [6.07, 6.45) is 7.87. The zero-order valence-electron chi connectivity index (χ0n) is 19.5. The van der Waals surface area contributed by atoms with Crippen molar-refractivity contribution in [3.8, 4) is 10.4 Å². The lowest BCUT2D eigenvalue weighted by Crippen LogP contribution is -2.44. The highest BCUT2D eigenvalue weighted by Crippen LogP contribution is 2.37. The molecule has 0 bridgehead atoms. The molecule has 3 N–H and O–H groups in total. The van der Waals surface area contributed by atoms with Crippen LogP contribution in [-0.2, 0) is 11.8 Å². The van der Waals surface area contributed by atoms with Crippen LogP contribution in [0.1, 0.15) is 42.5 Å². The molecule has 9 nitrogen and oxygen atoms in total. The van der Waals surface area contributed by atoms with Gasteiger partial charge in [0.25, 0.3) is 5.91 Å². The van der Waals surface area contributed by atoms with E-state index in [1.165, 1.54) is 16.2 Å². The first-order valence-electron chi connectivity index (χ1n) is 11.4. The number of nitrogens with zero attached hydrogens (tertiary/aromatic N) is 3. The number of para-hydroxylation sites is 1. The predicted molar refractivity (Wildman–Crippen MR) is 141 cm³/mol. The number of amides is 3. The normalized spacial score (nSPS) is 13.9. The Morgan fingerprint density at radius 2 is 1.86 bits per heavy atom. The fraction of sp³-hybridized carbons (Fsp3) is 0.333. The summed E-state index contributed by atoms with van der Waals surface area (Å²) in [5.41, 5.74) is 1.22. The number of halogens is 2. The number of aliphatic carboxylic acids is 1. The summed E-state index contributed by atoms with van der Waals surface area (Å²) >= 11 is 13.5. The number of anilines is 2. The van der Waals surface area contributed by atoms with Crippen LogP contribution in [0.3, 0.4) is 0 Å². The third-order valence-electron chi connectivity index (χ3n) is 5.96. The molecule has 1 fully saturated rings. The lowest BCUT2D eigenvalue weighted by atomic mass is 9.93. The lowest BCUT2D eigenvalue weighted by molar-refractivity contribution is -0.138. The van der Waals surface area contributed by atoms with Crippen LogP contribution in [0, 0.1) is 0 Å². The van der Waals surface area contributed by atoms with E-state index in [1.54, 1.807) is 48.4 Å². The number of aromatic nitrogens is 2. The molecule has 190 valence electrons. The SMILES string of the molecule is Cn1cc(-c2cc(C(=O)N(CC(=O)O)C3CCCCC3)c(NC(=O)Nc3c(Cl)cccc3Cl)s2)cn1. The number of nitrogens with one attached hydrogen (secondary N) is 2. The summed E-state index contributed by atoms with van der Waals surface area (Å²) < 4.78 is 1.63. The Balaban J connectivity index is 1.67. The first-order valence-corrected chi connectivity index (χ1v) is 13.0. The van der Waals surface area contributed by atoms with Crippen LogP contribution in [0.25, 0.3) is 10.4 Å². The van der Waals surface area contributed by atoms with E-state index in [9.17, 15) is 19.5 Å². The maximum absolute atomic E-state index is 13.7. The molecule has 0 spiro atoms. The minimum atomic E-state index is -1.09. The number of thiophene rings is 1. The highest BCUT2D eigenvalue weighted by molar-refractivity contribution is 7.20. The molecule has 1 aliphatic carbocycles. The smallest absolute Gasteiger partial charge is 0.324 e. The molecule has 36 heavy (non-hydrogen) atoms. The van der Waals surface area contributed by atoms with E-state index in [1.807, 2.05) is 0 Å². The first kappa shape index (κ1) is 26.0. The second kappa shape index (κ2) is 11.3. The van der Waals surface area contributed by atoms with E-state index >= 15 is 0 Å². The molecule has 12 heteroatoms. The highest BCUT2D eigenvalue weighted by atomic mass is 35.5. The molecule has 0 unspecified atom stereocenters. The van der Waals surface area contributed by atoms with Crippen molar-refractivity contribution in [1.82, 2.24) is 14.7 Å². The molecule has 1 saturated carbocycles. The summed E-state index contributed by atoms with van der Waals surface area (Å²) in [6, 6.07) is 5.70. The maximum Gasteiger partial charge on any atom is 0.324 e. The maximum atomic E-state index is 13.7. The van der Waals surface area contributed by atoms with E-state index in [0.29, 0.717) is 4.88 Å². The van der Waals surface area contributed by atoms with E-state index in [0.717, 1.165) is 37.7 Å². The number of aryl methyl sites for hydroxylation is 1. The molecule has 3 amide bonds. The molecule has 0 atom stereocenters. The van der Waals surface area contributed by atoms with Gasteiger partial charge in [-0.25, -0.2) is 4.79 Å². The fourth-order valence-corrected chi connectivity index (χ4v) is 5.77. The number of hydrogen-bond acceptors (Lipinski definition) is 5. The van der Waals surface area contributed by atoms with E-state index in [2.05, 4.69) is 15.7 Å². The molecule has 3 aromatic rings. The summed E-state index contributed by atoms with van der Waals surface area (Å²) in [7, 11) is 1.78. The van der Waals surface area contributed by atoms with Crippen molar-refractivity contribution in [2.75, 3.05) is 17.2 Å². The third kappa shape index (κ3) is 6.00. The van der Waals surface area contributed by atoms with Crippen molar-refractivity contribution in [2.45, 2.75) is 38.1 Å². The Kier molecular flexibility index (Phi) is 8.17. The largest absolute Gasteiger partial charge is 0.480 e. The van der Waals surface area contributed by atoms with Gasteiger partial charge in [-0.1, -0.05) is 48.5 Å². The first-order chi connectivity index (χ1) is 17.2. The van der Waals surface area contributed by atoms with Crippen molar-refractivity contribution < 1.29 is 19.5 Å². The van der Waals surface area contributed by atoms with E-state index in [-0.39, 0.29) is 32.3 Å². The summed E-state index contributed by atoms with van der Waals surface area (Å²) in [5.74, 6) is -1.53. The van der Waals surface area contributed by atoms with Gasteiger partial charge < -0.3 is 15.3 Å². The average molecular weight is 550 g/mol. The molecule has 1 aromatic carbocycles. The van der Waals surface area contributed by atoms with Gasteiger partial charge in [0.15, 0.2) is 0 Å². The number of carboxylic acid groups (broad SMARTS) is 1. The van der Waals surface area contributed by atoms with Crippen molar-refractivity contribution in [3.05, 3.63) is 52.3 Å². The van der Waals surface area contributed by atoms with Crippen LogP contribution in [0.4, 0.5) is 15.5 Å². The van der Waals surface area contributed by atoms with Gasteiger partial charge in [0.1, 0.15) is 11.5 Å². The van der Waals surface area contributed by atoms with Crippen molar-refractivity contribution in [2.24, 2.45) is 7.05 Å². The molecule has 1 aliphatic rings. The molecule has 2 aromatic heterocycles. The van der Waals surface area contributed by atoms with Gasteiger partial charge in [0.05, 0.1) is 27.5 Å². The number of hydrogen-bond donors (Lipinski definition) is 3. The summed E-state index contributed by atoms with van der Waals surface area (Å²) in [5, 5.41) is 19.9. The second-order valence-electron chi connectivity index (χ2n) is 8.55. The van der Waals surface area contributed by atoms with E-state index in [4.69, 9.17) is 23.2 Å². The fourth-order valence-electron chi connectivity index (χ4n) is 4.26. The number of carbonyl (C=O) groups is 3. The number of urea groups is 1. The zero-order valence-corrected chi connectivity index (χ0v) is 21.8. The minimum Gasteiger partial charge on any atom is -0.480 e. The highest BCUT2D eigenvalue weighted by Gasteiger charge is 2.31. The number of carboxylic acids is 1. The van der Waals surface area contributed by atoms with Crippen LogP contribution in [-0.4, -0.2) is 50.3 Å². The van der Waals surface area contributed by atoms with Crippen molar-refractivity contribution in [3.63, 3.8) is 0 Å². The Bertz CT molecular complexity index is 1270. The molecule has 2 heterocycles. The molecule has 4 rings (SSSR count). The van der Waals surface area contributed by atoms with Gasteiger partial charge >= 0.3 is 12.0 Å². The Labute approximate surface area is 222 Å². The Morgan fingerprint density at radius 3 is 2.47 bits per heavy atom. The van der Waals surface area contributed by atoms with Crippen molar-refractivity contribution in [1.29, 1.82) is 0 Å². The molecule has 0 radical (unpaired) electrons.